The molecule has 0 aliphatic rings. The van der Waals surface area contributed by atoms with Gasteiger partial charge in [-0.1, -0.05) is 36.4 Å². The van der Waals surface area contributed by atoms with E-state index in [0.29, 0.717) is 5.56 Å². The first kappa shape index (κ1) is 22.1. The summed E-state index contributed by atoms with van der Waals surface area (Å²) in [6.45, 7) is 1.23. The largest absolute Gasteiger partial charge is 0.499 e. The molecule has 2 rings (SSSR count). The summed E-state index contributed by atoms with van der Waals surface area (Å²) in [5, 5.41) is 23.3. The van der Waals surface area contributed by atoms with Gasteiger partial charge in [-0.25, -0.2) is 4.79 Å². The lowest BCUT2D eigenvalue weighted by Gasteiger charge is -2.09. The number of phenolic OH excluding ortho intramolecular Hbond substituents is 1. The molecule has 2 aromatic carbocycles. The fraction of sp³-hybridized carbons (Fsp3) is 0.150. The third kappa shape index (κ3) is 6.16. The number of carbonyl (C=O) groups is 3. The number of esters is 1. The molecule has 0 bridgehead atoms. The van der Waals surface area contributed by atoms with E-state index in [1.807, 2.05) is 0 Å². The first-order chi connectivity index (χ1) is 14.3. The van der Waals surface area contributed by atoms with E-state index in [-0.39, 0.29) is 18.0 Å². The Morgan fingerprint density at radius 2 is 1.90 bits per heavy atom. The van der Waals surface area contributed by atoms with Gasteiger partial charge in [0.25, 0.3) is 0 Å². The van der Waals surface area contributed by atoms with Gasteiger partial charge in [0.2, 0.25) is 5.75 Å². The SMILES string of the molecule is CCOC(=O)CNC(=O)Oc1cc(C=CC(=O)c2ccccc2)cc([N+](=O)[O-])c1O. The minimum Gasteiger partial charge on any atom is -0.499 e. The number of ether oxygens (including phenoxy) is 2. The van der Waals surface area contributed by atoms with Crippen LogP contribution in [-0.2, 0) is 9.53 Å². The number of nitro benzene ring substituents is 1. The average molecular weight is 414 g/mol. The van der Waals surface area contributed by atoms with E-state index in [1.54, 1.807) is 37.3 Å². The summed E-state index contributed by atoms with van der Waals surface area (Å²) in [5.74, 6) is -2.45. The van der Waals surface area contributed by atoms with Gasteiger partial charge in [0.05, 0.1) is 11.5 Å². The highest BCUT2D eigenvalue weighted by Gasteiger charge is 2.22. The Balaban J connectivity index is 2.22. The molecule has 10 nitrogen and oxygen atoms in total. The van der Waals surface area contributed by atoms with Crippen LogP contribution in [0.4, 0.5) is 10.5 Å². The molecule has 0 atom stereocenters. The first-order valence-corrected chi connectivity index (χ1v) is 8.72. The number of allylic oxidation sites excluding steroid dienone is 1. The molecule has 0 saturated heterocycles. The van der Waals surface area contributed by atoms with E-state index >= 15 is 0 Å². The van der Waals surface area contributed by atoms with Crippen molar-refractivity contribution in [3.63, 3.8) is 0 Å². The van der Waals surface area contributed by atoms with Gasteiger partial charge in [-0.15, -0.1) is 0 Å². The lowest BCUT2D eigenvalue weighted by Crippen LogP contribution is -2.32. The number of nitro groups is 1. The summed E-state index contributed by atoms with van der Waals surface area (Å²) in [7, 11) is 0. The summed E-state index contributed by atoms with van der Waals surface area (Å²) >= 11 is 0. The fourth-order valence-electron chi connectivity index (χ4n) is 2.29. The molecule has 30 heavy (non-hydrogen) atoms. The van der Waals surface area contributed by atoms with Gasteiger partial charge in [-0.2, -0.15) is 0 Å². The van der Waals surface area contributed by atoms with Crippen LogP contribution in [0, 0.1) is 10.1 Å². The molecule has 1 amide bonds. The number of hydrogen-bond donors (Lipinski definition) is 2. The number of amides is 1. The predicted molar refractivity (Wildman–Crippen MR) is 105 cm³/mol. The lowest BCUT2D eigenvalue weighted by molar-refractivity contribution is -0.385. The van der Waals surface area contributed by atoms with E-state index in [0.717, 1.165) is 12.1 Å². The van der Waals surface area contributed by atoms with Gasteiger partial charge in [0.1, 0.15) is 6.54 Å². The number of nitrogens with one attached hydrogen (secondary N) is 1. The third-order valence-corrected chi connectivity index (χ3v) is 3.64. The zero-order valence-corrected chi connectivity index (χ0v) is 15.9. The van der Waals surface area contributed by atoms with Crippen molar-refractivity contribution in [1.82, 2.24) is 5.32 Å². The van der Waals surface area contributed by atoms with Crippen molar-refractivity contribution in [1.29, 1.82) is 0 Å². The molecule has 0 aliphatic carbocycles. The standard InChI is InChI=1S/C20H18N2O8/c1-2-29-18(24)12-21-20(26)30-17-11-13(10-15(19(17)25)22(27)28)8-9-16(23)14-6-4-3-5-7-14/h3-11,25H,2,12H2,1H3,(H,21,26). The molecular formula is C20H18N2O8. The van der Waals surface area contributed by atoms with Crippen molar-refractivity contribution in [3.8, 4) is 11.5 Å². The van der Waals surface area contributed by atoms with Crippen LogP contribution >= 0.6 is 0 Å². The monoisotopic (exact) mass is 414 g/mol. The molecule has 2 N–H and O–H groups in total. The van der Waals surface area contributed by atoms with Crippen LogP contribution in [-0.4, -0.2) is 41.0 Å². The van der Waals surface area contributed by atoms with Gasteiger partial charge in [-0.3, -0.25) is 19.7 Å². The van der Waals surface area contributed by atoms with E-state index < -0.39 is 40.7 Å². The lowest BCUT2D eigenvalue weighted by atomic mass is 10.1. The molecule has 10 heteroatoms. The summed E-state index contributed by atoms with van der Waals surface area (Å²) in [6.07, 6.45) is 1.34. The molecule has 156 valence electrons. The number of benzene rings is 2. The maximum atomic E-state index is 12.2. The van der Waals surface area contributed by atoms with Gasteiger partial charge in [-0.05, 0) is 24.6 Å². The van der Waals surface area contributed by atoms with E-state index in [9.17, 15) is 29.6 Å². The van der Waals surface area contributed by atoms with Gasteiger partial charge < -0.3 is 19.9 Å². The van der Waals surface area contributed by atoms with Crippen LogP contribution in [0.3, 0.4) is 0 Å². The minimum absolute atomic E-state index is 0.124. The van der Waals surface area contributed by atoms with Gasteiger partial charge >= 0.3 is 17.7 Å². The Bertz CT molecular complexity index is 986. The number of hydrogen-bond acceptors (Lipinski definition) is 8. The van der Waals surface area contributed by atoms with Crippen molar-refractivity contribution < 1.29 is 33.9 Å². The van der Waals surface area contributed by atoms with Gasteiger partial charge in [0.15, 0.2) is 11.5 Å². The quantitative estimate of drug-likeness (QED) is 0.220. The predicted octanol–water partition coefficient (Wildman–Crippen LogP) is 2.85. The molecule has 0 radical (unpaired) electrons. The number of ketones is 1. The van der Waals surface area contributed by atoms with Crippen LogP contribution in [0.15, 0.2) is 48.5 Å². The second-order valence-corrected chi connectivity index (χ2v) is 5.76. The van der Waals surface area contributed by atoms with E-state index in [2.05, 4.69) is 10.1 Å². The van der Waals surface area contributed by atoms with Crippen LogP contribution in [0.5, 0.6) is 11.5 Å². The summed E-state index contributed by atoms with van der Waals surface area (Å²) < 4.78 is 9.50. The molecule has 0 aromatic heterocycles. The Morgan fingerprint density at radius 1 is 1.20 bits per heavy atom. The maximum Gasteiger partial charge on any atom is 0.413 e. The molecule has 0 fully saturated rings. The molecule has 0 spiro atoms. The zero-order valence-electron chi connectivity index (χ0n) is 15.9. The van der Waals surface area contributed by atoms with E-state index in [4.69, 9.17) is 4.74 Å². The second-order valence-electron chi connectivity index (χ2n) is 5.76. The number of nitrogens with zero attached hydrogens (tertiary/aromatic N) is 1. The number of aromatic hydroxyl groups is 1. The molecule has 0 heterocycles. The third-order valence-electron chi connectivity index (χ3n) is 3.64. The van der Waals surface area contributed by atoms with E-state index in [1.165, 1.54) is 12.2 Å². The molecule has 0 saturated carbocycles. The maximum absolute atomic E-state index is 12.2. The topological polar surface area (TPSA) is 145 Å². The van der Waals surface area contributed by atoms with Crippen LogP contribution in [0.25, 0.3) is 6.08 Å². The van der Waals surface area contributed by atoms with Crippen LogP contribution in [0.2, 0.25) is 0 Å². The fourth-order valence-corrected chi connectivity index (χ4v) is 2.29. The van der Waals surface area contributed by atoms with Gasteiger partial charge in [0, 0.05) is 11.6 Å². The second kappa shape index (κ2) is 10.4. The molecule has 0 aliphatic heterocycles. The van der Waals surface area contributed by atoms with Crippen molar-refractivity contribution >= 4 is 29.6 Å². The Kier molecular flexibility index (Phi) is 7.63. The van der Waals surface area contributed by atoms with Crippen molar-refractivity contribution in [2.45, 2.75) is 6.92 Å². The zero-order chi connectivity index (χ0) is 22.1. The summed E-state index contributed by atoms with van der Waals surface area (Å²) in [6, 6.07) is 10.5. The smallest absolute Gasteiger partial charge is 0.413 e. The van der Waals surface area contributed by atoms with Crippen LogP contribution < -0.4 is 10.1 Å². The summed E-state index contributed by atoms with van der Waals surface area (Å²) in [4.78, 5) is 45.6. The van der Waals surface area contributed by atoms with Crippen LogP contribution in [0.1, 0.15) is 22.8 Å². The highest BCUT2D eigenvalue weighted by Crippen LogP contribution is 2.37. The Labute approximate surface area is 170 Å². The highest BCUT2D eigenvalue weighted by molar-refractivity contribution is 6.06. The number of carbonyl (C=O) groups excluding carboxylic acids is 3. The first-order valence-electron chi connectivity index (χ1n) is 8.72. The average Bonchev–Trinajstić information content (AvgIpc) is 2.73. The highest BCUT2D eigenvalue weighted by atomic mass is 16.6. The summed E-state index contributed by atoms with van der Waals surface area (Å²) in [5.41, 5.74) is -0.175. The molecular weight excluding hydrogens is 396 g/mol. The van der Waals surface area contributed by atoms with Crippen molar-refractivity contribution in [3.05, 3.63) is 69.8 Å². The minimum atomic E-state index is -1.13. The number of rotatable bonds is 8. The Morgan fingerprint density at radius 3 is 2.53 bits per heavy atom. The number of phenols is 1. The Hall–Kier alpha value is -4.21. The molecule has 2 aromatic rings. The normalized spacial score (nSPS) is 10.4. The van der Waals surface area contributed by atoms with Crippen molar-refractivity contribution in [2.75, 3.05) is 13.2 Å². The molecule has 0 unspecified atom stereocenters. The van der Waals surface area contributed by atoms with Crippen molar-refractivity contribution in [2.24, 2.45) is 0 Å².